The zero-order chi connectivity index (χ0) is 14.5. The molecule has 1 rings (SSSR count). The van der Waals surface area contributed by atoms with Crippen molar-refractivity contribution in [3.8, 4) is 0 Å². The largest absolute Gasteiger partial charge is 0.351 e. The number of hydrogen-bond donors (Lipinski definition) is 3. The van der Waals surface area contributed by atoms with Crippen LogP contribution in [0, 0.1) is 0 Å². The van der Waals surface area contributed by atoms with Crippen molar-refractivity contribution in [1.82, 2.24) is 15.6 Å². The number of urea groups is 1. The Bertz CT molecular complexity index is 481. The number of carbonyl (C=O) groups is 1. The molecular weight excluding hydrogens is 266 g/mol. The van der Waals surface area contributed by atoms with Gasteiger partial charge in [-0.05, 0) is 32.9 Å². The van der Waals surface area contributed by atoms with Gasteiger partial charge in [-0.25, -0.2) is 9.79 Å². The molecule has 0 aliphatic carbocycles. The molecule has 0 fully saturated rings. The van der Waals surface area contributed by atoms with Crippen LogP contribution < -0.4 is 16.4 Å². The molecule has 0 saturated carbocycles. The molecule has 0 aliphatic heterocycles. The van der Waals surface area contributed by atoms with Crippen molar-refractivity contribution in [2.24, 2.45) is 10.7 Å². The lowest BCUT2D eigenvalue weighted by molar-refractivity contribution is 0.252. The molecule has 2 amide bonds. The van der Waals surface area contributed by atoms with Crippen LogP contribution in [0.2, 0.25) is 5.02 Å². The van der Waals surface area contributed by atoms with Crippen molar-refractivity contribution in [2.45, 2.75) is 32.9 Å². The fraction of sp³-hybridized carbons (Fsp3) is 0.417. The Morgan fingerprint density at radius 2 is 2.21 bits per heavy atom. The van der Waals surface area contributed by atoms with E-state index in [9.17, 15) is 4.79 Å². The van der Waals surface area contributed by atoms with E-state index in [1.807, 2.05) is 20.8 Å². The maximum Gasteiger partial charge on any atom is 0.318 e. The maximum absolute atomic E-state index is 10.9. The minimum Gasteiger partial charge on any atom is -0.351 e. The number of nitrogens with two attached hydrogens (primary N) is 1. The van der Waals surface area contributed by atoms with Gasteiger partial charge >= 0.3 is 6.03 Å². The summed E-state index contributed by atoms with van der Waals surface area (Å²) in [6.45, 7) is 6.08. The SMILES string of the molecule is CC(C)(C)NC(=NCc1ncccc1Cl)NC(N)=O. The highest BCUT2D eigenvalue weighted by Gasteiger charge is 2.13. The molecule has 1 aromatic heterocycles. The summed E-state index contributed by atoms with van der Waals surface area (Å²) in [5.74, 6) is 0.293. The van der Waals surface area contributed by atoms with E-state index in [1.165, 1.54) is 0 Å². The van der Waals surface area contributed by atoms with Crippen molar-refractivity contribution in [3.05, 3.63) is 29.0 Å². The third-order valence-corrected chi connectivity index (χ3v) is 2.30. The molecule has 1 heterocycles. The van der Waals surface area contributed by atoms with Gasteiger partial charge in [-0.2, -0.15) is 0 Å². The van der Waals surface area contributed by atoms with Crippen molar-refractivity contribution >= 4 is 23.6 Å². The van der Waals surface area contributed by atoms with Gasteiger partial charge in [-0.15, -0.1) is 0 Å². The number of pyridine rings is 1. The summed E-state index contributed by atoms with van der Waals surface area (Å²) >= 11 is 5.98. The van der Waals surface area contributed by atoms with Crippen molar-refractivity contribution in [1.29, 1.82) is 0 Å². The second kappa shape index (κ2) is 6.38. The average Bonchev–Trinajstić information content (AvgIpc) is 2.24. The molecule has 0 aromatic carbocycles. The van der Waals surface area contributed by atoms with E-state index in [1.54, 1.807) is 18.3 Å². The number of carbonyl (C=O) groups excluding carboxylic acids is 1. The van der Waals surface area contributed by atoms with Crippen LogP contribution in [0.4, 0.5) is 4.79 Å². The highest BCUT2D eigenvalue weighted by Crippen LogP contribution is 2.12. The first-order chi connectivity index (χ1) is 8.78. The van der Waals surface area contributed by atoms with Crippen LogP contribution in [0.1, 0.15) is 26.5 Å². The normalized spacial score (nSPS) is 12.1. The number of halogens is 1. The van der Waals surface area contributed by atoms with Gasteiger partial charge in [0.05, 0.1) is 17.3 Å². The van der Waals surface area contributed by atoms with E-state index < -0.39 is 6.03 Å². The van der Waals surface area contributed by atoms with E-state index in [4.69, 9.17) is 17.3 Å². The Hall–Kier alpha value is -1.82. The minimum atomic E-state index is -0.678. The molecule has 0 unspecified atom stereocenters. The first kappa shape index (κ1) is 15.2. The number of hydrogen-bond acceptors (Lipinski definition) is 3. The highest BCUT2D eigenvalue weighted by molar-refractivity contribution is 6.31. The number of amides is 2. The molecule has 7 heteroatoms. The van der Waals surface area contributed by atoms with Crippen LogP contribution in [0.5, 0.6) is 0 Å². The molecule has 6 nitrogen and oxygen atoms in total. The Morgan fingerprint density at radius 3 is 2.74 bits per heavy atom. The van der Waals surface area contributed by atoms with Gasteiger partial charge in [0.15, 0.2) is 5.96 Å². The average molecular weight is 284 g/mol. The van der Waals surface area contributed by atoms with Crippen molar-refractivity contribution in [3.63, 3.8) is 0 Å². The van der Waals surface area contributed by atoms with Crippen molar-refractivity contribution < 1.29 is 4.79 Å². The number of guanidine groups is 1. The molecule has 0 spiro atoms. The lowest BCUT2D eigenvalue weighted by atomic mass is 10.1. The van der Waals surface area contributed by atoms with E-state index >= 15 is 0 Å². The zero-order valence-electron chi connectivity index (χ0n) is 11.2. The third-order valence-electron chi connectivity index (χ3n) is 1.96. The number of aliphatic imine (C=N–C) groups is 1. The van der Waals surface area contributed by atoms with Crippen LogP contribution in [0.25, 0.3) is 0 Å². The Labute approximate surface area is 117 Å². The third kappa shape index (κ3) is 6.05. The van der Waals surface area contributed by atoms with Gasteiger partial charge < -0.3 is 11.1 Å². The van der Waals surface area contributed by atoms with Gasteiger partial charge in [0.1, 0.15) is 0 Å². The number of rotatable bonds is 2. The predicted octanol–water partition coefficient (Wildman–Crippen LogP) is 1.65. The summed E-state index contributed by atoms with van der Waals surface area (Å²) in [6, 6.07) is 2.80. The fourth-order valence-corrected chi connectivity index (χ4v) is 1.45. The molecule has 0 saturated heterocycles. The van der Waals surface area contributed by atoms with Crippen LogP contribution in [0.3, 0.4) is 0 Å². The highest BCUT2D eigenvalue weighted by atomic mass is 35.5. The molecule has 0 radical (unpaired) electrons. The Morgan fingerprint density at radius 1 is 1.53 bits per heavy atom. The minimum absolute atomic E-state index is 0.248. The summed E-state index contributed by atoms with van der Waals surface area (Å²) < 4.78 is 0. The number of aromatic nitrogens is 1. The summed E-state index contributed by atoms with van der Waals surface area (Å²) in [6.07, 6.45) is 1.63. The number of nitrogens with zero attached hydrogens (tertiary/aromatic N) is 2. The molecule has 4 N–H and O–H groups in total. The lowest BCUT2D eigenvalue weighted by Gasteiger charge is -2.23. The molecule has 1 aromatic rings. The van der Waals surface area contributed by atoms with Crippen LogP contribution >= 0.6 is 11.6 Å². The standard InChI is InChI=1S/C12H18ClN5O/c1-12(2,3)18-11(17-10(14)19)16-7-9-8(13)5-4-6-15-9/h4-6H,7H2,1-3H3,(H4,14,16,17,18,19). The number of primary amides is 1. The Kier molecular flexibility index (Phi) is 5.11. The topological polar surface area (TPSA) is 92.4 Å². The second-order valence-electron chi connectivity index (χ2n) is 4.96. The van der Waals surface area contributed by atoms with Crippen LogP contribution in [-0.4, -0.2) is 22.5 Å². The van der Waals surface area contributed by atoms with E-state index in [0.29, 0.717) is 16.7 Å². The van der Waals surface area contributed by atoms with Gasteiger partial charge in [-0.3, -0.25) is 10.3 Å². The van der Waals surface area contributed by atoms with Crippen LogP contribution in [-0.2, 0) is 6.54 Å². The smallest absolute Gasteiger partial charge is 0.318 e. The molecule has 0 aliphatic rings. The molecule has 19 heavy (non-hydrogen) atoms. The fourth-order valence-electron chi connectivity index (χ4n) is 1.27. The Balaban J connectivity index is 2.83. The molecule has 0 bridgehead atoms. The first-order valence-corrected chi connectivity index (χ1v) is 6.14. The quantitative estimate of drug-likeness (QED) is 0.569. The van der Waals surface area contributed by atoms with Crippen molar-refractivity contribution in [2.75, 3.05) is 0 Å². The molecular formula is C12H18ClN5O. The second-order valence-corrected chi connectivity index (χ2v) is 5.37. The zero-order valence-corrected chi connectivity index (χ0v) is 12.0. The summed E-state index contributed by atoms with van der Waals surface area (Å²) in [5.41, 5.74) is 5.47. The van der Waals surface area contributed by atoms with Gasteiger partial charge in [-0.1, -0.05) is 11.6 Å². The van der Waals surface area contributed by atoms with E-state index in [2.05, 4.69) is 20.6 Å². The maximum atomic E-state index is 10.9. The van der Waals surface area contributed by atoms with Gasteiger partial charge in [0, 0.05) is 11.7 Å². The predicted molar refractivity (Wildman–Crippen MR) is 76.0 cm³/mol. The van der Waals surface area contributed by atoms with E-state index in [0.717, 1.165) is 0 Å². The molecule has 0 atom stereocenters. The lowest BCUT2D eigenvalue weighted by Crippen LogP contribution is -2.50. The van der Waals surface area contributed by atoms with Crippen LogP contribution in [0.15, 0.2) is 23.3 Å². The van der Waals surface area contributed by atoms with Gasteiger partial charge in [0.25, 0.3) is 0 Å². The first-order valence-electron chi connectivity index (χ1n) is 5.76. The molecule has 104 valence electrons. The summed E-state index contributed by atoms with van der Waals surface area (Å²) in [5, 5.41) is 6.01. The monoisotopic (exact) mass is 283 g/mol. The van der Waals surface area contributed by atoms with E-state index in [-0.39, 0.29) is 12.1 Å². The van der Waals surface area contributed by atoms with Gasteiger partial charge in [0.2, 0.25) is 0 Å². The summed E-state index contributed by atoms with van der Waals surface area (Å²) in [7, 11) is 0. The number of nitrogens with one attached hydrogen (secondary N) is 2. The summed E-state index contributed by atoms with van der Waals surface area (Å²) in [4.78, 5) is 19.3.